The van der Waals surface area contributed by atoms with Gasteiger partial charge in [-0.05, 0) is 6.07 Å². The first kappa shape index (κ1) is 11.8. The maximum atomic E-state index is 10.7. The molecule has 0 saturated heterocycles. The number of aromatic nitrogens is 2. The number of carboxylic acid groups (broad SMARTS) is 1. The predicted molar refractivity (Wildman–Crippen MR) is 62.4 cm³/mol. The lowest BCUT2D eigenvalue weighted by Gasteiger charge is -2.02. The molecule has 2 aromatic rings. The van der Waals surface area contributed by atoms with Crippen LogP contribution in [0.15, 0.2) is 41.7 Å². The summed E-state index contributed by atoms with van der Waals surface area (Å²) in [7, 11) is 0. The van der Waals surface area contributed by atoms with Crippen molar-refractivity contribution in [2.24, 2.45) is 0 Å². The highest BCUT2D eigenvalue weighted by Gasteiger charge is 2.12. The quantitative estimate of drug-likeness (QED) is 0.812. The fourth-order valence-corrected chi connectivity index (χ4v) is 1.27. The molecule has 0 aliphatic rings. The summed E-state index contributed by atoms with van der Waals surface area (Å²) in [6.45, 7) is 3.87. The number of pyridine rings is 1. The summed E-state index contributed by atoms with van der Waals surface area (Å²) in [5.41, 5.74) is 0.451. The molecule has 0 fully saturated rings. The molecule has 0 radical (unpaired) electrons. The number of nitrogens with zero attached hydrogens (tertiary/aromatic N) is 2. The second kappa shape index (κ2) is 5.13. The van der Waals surface area contributed by atoms with Gasteiger partial charge in [0.05, 0.1) is 0 Å². The van der Waals surface area contributed by atoms with E-state index >= 15 is 0 Å². The lowest BCUT2D eigenvalue weighted by molar-refractivity contribution is 0.0690. The largest absolute Gasteiger partial charge is 0.476 e. The van der Waals surface area contributed by atoms with Crippen LogP contribution in [0, 0.1) is 0 Å². The van der Waals surface area contributed by atoms with E-state index in [0.29, 0.717) is 18.1 Å². The Morgan fingerprint density at radius 2 is 2.44 bits per heavy atom. The zero-order chi connectivity index (χ0) is 13.0. The molecule has 18 heavy (non-hydrogen) atoms. The first-order chi connectivity index (χ1) is 8.70. The minimum atomic E-state index is -1.14. The van der Waals surface area contributed by atoms with Crippen LogP contribution < -0.4 is 4.74 Å². The molecule has 1 N–H and O–H groups in total. The van der Waals surface area contributed by atoms with Crippen molar-refractivity contribution in [3.8, 4) is 17.3 Å². The predicted octanol–water partition coefficient (Wildman–Crippen LogP) is 2.00. The maximum absolute atomic E-state index is 10.7. The number of carboxylic acids is 1. The summed E-state index contributed by atoms with van der Waals surface area (Å²) in [6, 6.07) is 3.26. The number of oxazole rings is 1. The average molecular weight is 246 g/mol. The Kier molecular flexibility index (Phi) is 3.38. The summed E-state index contributed by atoms with van der Waals surface area (Å²) < 4.78 is 10.3. The van der Waals surface area contributed by atoms with Crippen molar-refractivity contribution in [1.29, 1.82) is 0 Å². The number of ether oxygens (including phenoxy) is 1. The van der Waals surface area contributed by atoms with Gasteiger partial charge in [0.15, 0.2) is 5.69 Å². The Morgan fingerprint density at radius 1 is 1.61 bits per heavy atom. The standard InChI is InChI=1S/C12H10N2O4/c1-2-5-17-10-6-8(3-4-13-10)11-14-9(7-18-11)12(15)16/h2-4,6-7H,1,5H2,(H,15,16). The number of hydrogen-bond acceptors (Lipinski definition) is 5. The van der Waals surface area contributed by atoms with Crippen LogP contribution in [0.2, 0.25) is 0 Å². The highest BCUT2D eigenvalue weighted by Crippen LogP contribution is 2.21. The van der Waals surface area contributed by atoms with Crippen LogP contribution in [-0.4, -0.2) is 27.7 Å². The molecule has 0 aliphatic carbocycles. The van der Waals surface area contributed by atoms with E-state index in [0.717, 1.165) is 6.26 Å². The molecule has 0 aliphatic heterocycles. The van der Waals surface area contributed by atoms with Gasteiger partial charge in [-0.15, -0.1) is 0 Å². The number of aromatic carboxylic acids is 1. The van der Waals surface area contributed by atoms with Crippen LogP contribution in [0.5, 0.6) is 5.88 Å². The maximum Gasteiger partial charge on any atom is 0.357 e. The SMILES string of the molecule is C=CCOc1cc(-c2nc(C(=O)O)co2)ccn1. The van der Waals surface area contributed by atoms with Gasteiger partial charge in [-0.3, -0.25) is 0 Å². The molecule has 2 aromatic heterocycles. The molecule has 0 saturated carbocycles. The van der Waals surface area contributed by atoms with E-state index in [-0.39, 0.29) is 11.6 Å². The molecule has 0 amide bonds. The Labute approximate surface area is 103 Å². The molecular formula is C12H10N2O4. The van der Waals surface area contributed by atoms with Gasteiger partial charge in [0, 0.05) is 17.8 Å². The summed E-state index contributed by atoms with van der Waals surface area (Å²) >= 11 is 0. The highest BCUT2D eigenvalue weighted by atomic mass is 16.5. The van der Waals surface area contributed by atoms with E-state index in [4.69, 9.17) is 14.3 Å². The van der Waals surface area contributed by atoms with Crippen molar-refractivity contribution < 1.29 is 19.1 Å². The van der Waals surface area contributed by atoms with E-state index in [2.05, 4.69) is 16.5 Å². The zero-order valence-electron chi connectivity index (χ0n) is 9.37. The molecule has 0 aromatic carbocycles. The van der Waals surface area contributed by atoms with Gasteiger partial charge < -0.3 is 14.3 Å². The molecular weight excluding hydrogens is 236 g/mol. The first-order valence-corrected chi connectivity index (χ1v) is 5.09. The van der Waals surface area contributed by atoms with Crippen LogP contribution in [0.25, 0.3) is 11.5 Å². The third-order valence-electron chi connectivity index (χ3n) is 2.05. The molecule has 0 atom stereocenters. The molecule has 0 unspecified atom stereocenters. The molecule has 2 heterocycles. The van der Waals surface area contributed by atoms with Crippen molar-refractivity contribution in [2.75, 3.05) is 6.61 Å². The van der Waals surface area contributed by atoms with E-state index in [1.807, 2.05) is 0 Å². The second-order valence-corrected chi connectivity index (χ2v) is 3.33. The number of rotatable bonds is 5. The van der Waals surface area contributed by atoms with Crippen LogP contribution >= 0.6 is 0 Å². The first-order valence-electron chi connectivity index (χ1n) is 5.09. The fourth-order valence-electron chi connectivity index (χ4n) is 1.27. The summed E-state index contributed by atoms with van der Waals surface area (Å²) in [6.07, 6.45) is 4.21. The minimum Gasteiger partial charge on any atom is -0.476 e. The zero-order valence-corrected chi connectivity index (χ0v) is 9.37. The molecule has 0 spiro atoms. The number of hydrogen-bond donors (Lipinski definition) is 1. The lowest BCUT2D eigenvalue weighted by Crippen LogP contribution is -1.96. The highest BCUT2D eigenvalue weighted by molar-refractivity contribution is 5.85. The normalized spacial score (nSPS) is 10.0. The minimum absolute atomic E-state index is 0.143. The molecule has 2 rings (SSSR count). The summed E-state index contributed by atoms with van der Waals surface area (Å²) in [5, 5.41) is 8.75. The van der Waals surface area contributed by atoms with Crippen molar-refractivity contribution in [2.45, 2.75) is 0 Å². The molecule has 6 heteroatoms. The Bertz CT molecular complexity index is 577. The number of carbonyl (C=O) groups is 1. The van der Waals surface area contributed by atoms with Gasteiger partial charge in [-0.1, -0.05) is 12.7 Å². The van der Waals surface area contributed by atoms with E-state index in [1.54, 1.807) is 18.2 Å². The topological polar surface area (TPSA) is 85.5 Å². The smallest absolute Gasteiger partial charge is 0.357 e. The van der Waals surface area contributed by atoms with Crippen molar-refractivity contribution in [3.63, 3.8) is 0 Å². The van der Waals surface area contributed by atoms with Crippen LogP contribution in [0.1, 0.15) is 10.5 Å². The van der Waals surface area contributed by atoms with E-state index in [1.165, 1.54) is 6.20 Å². The van der Waals surface area contributed by atoms with Gasteiger partial charge in [0.1, 0.15) is 12.9 Å². The van der Waals surface area contributed by atoms with Crippen LogP contribution in [0.4, 0.5) is 0 Å². The molecule has 92 valence electrons. The van der Waals surface area contributed by atoms with E-state index in [9.17, 15) is 4.79 Å². The van der Waals surface area contributed by atoms with E-state index < -0.39 is 5.97 Å². The fraction of sp³-hybridized carbons (Fsp3) is 0.0833. The third-order valence-corrected chi connectivity index (χ3v) is 2.05. The van der Waals surface area contributed by atoms with Crippen molar-refractivity contribution in [3.05, 3.63) is 42.9 Å². The average Bonchev–Trinajstić information content (AvgIpc) is 2.86. The van der Waals surface area contributed by atoms with Gasteiger partial charge in [-0.2, -0.15) is 0 Å². The van der Waals surface area contributed by atoms with Gasteiger partial charge in [-0.25, -0.2) is 14.8 Å². The van der Waals surface area contributed by atoms with Crippen LogP contribution in [0.3, 0.4) is 0 Å². The molecule has 0 bridgehead atoms. The molecule has 6 nitrogen and oxygen atoms in total. The van der Waals surface area contributed by atoms with Gasteiger partial charge in [0.2, 0.25) is 11.8 Å². The lowest BCUT2D eigenvalue weighted by atomic mass is 10.2. The van der Waals surface area contributed by atoms with Gasteiger partial charge >= 0.3 is 5.97 Å². The van der Waals surface area contributed by atoms with Crippen molar-refractivity contribution in [1.82, 2.24) is 9.97 Å². The Hall–Kier alpha value is -2.63. The Morgan fingerprint density at radius 3 is 3.11 bits per heavy atom. The second-order valence-electron chi connectivity index (χ2n) is 3.33. The van der Waals surface area contributed by atoms with Crippen LogP contribution in [-0.2, 0) is 0 Å². The summed E-state index contributed by atoms with van der Waals surface area (Å²) in [5.74, 6) is -0.539. The van der Waals surface area contributed by atoms with Crippen molar-refractivity contribution >= 4 is 5.97 Å². The summed E-state index contributed by atoms with van der Waals surface area (Å²) in [4.78, 5) is 18.5. The monoisotopic (exact) mass is 246 g/mol. The van der Waals surface area contributed by atoms with Gasteiger partial charge in [0.25, 0.3) is 0 Å². The Balaban J connectivity index is 2.26. The third kappa shape index (κ3) is 2.54.